The summed E-state index contributed by atoms with van der Waals surface area (Å²) in [7, 11) is 3.58. The monoisotopic (exact) mass is 182 g/mol. The Hall–Kier alpha value is -0.900. The van der Waals surface area contributed by atoms with Gasteiger partial charge in [0.2, 0.25) is 11.8 Å². The van der Waals surface area contributed by atoms with E-state index in [9.17, 15) is 9.59 Å². The van der Waals surface area contributed by atoms with Gasteiger partial charge >= 0.3 is 0 Å². The van der Waals surface area contributed by atoms with Crippen molar-refractivity contribution < 1.29 is 9.59 Å². The van der Waals surface area contributed by atoms with Gasteiger partial charge in [0.1, 0.15) is 0 Å². The van der Waals surface area contributed by atoms with E-state index in [1.54, 1.807) is 7.05 Å². The van der Waals surface area contributed by atoms with E-state index < -0.39 is 0 Å². The van der Waals surface area contributed by atoms with Crippen LogP contribution in [0, 0.1) is 5.41 Å². The summed E-state index contributed by atoms with van der Waals surface area (Å²) in [6.07, 6.45) is 1.08. The van der Waals surface area contributed by atoms with Crippen molar-refractivity contribution >= 4 is 11.8 Å². The van der Waals surface area contributed by atoms with Gasteiger partial charge in [-0.15, -0.1) is 0 Å². The maximum atomic E-state index is 11.4. The normalized spacial score (nSPS) is 28.0. The molecule has 2 fully saturated rings. The van der Waals surface area contributed by atoms with E-state index in [0.717, 1.165) is 13.1 Å². The van der Waals surface area contributed by atoms with Crippen LogP contribution in [0.15, 0.2) is 0 Å². The van der Waals surface area contributed by atoms with Crippen LogP contribution in [0.3, 0.4) is 0 Å². The smallest absolute Gasteiger partial charge is 0.229 e. The predicted octanol–water partition coefficient (Wildman–Crippen LogP) is -0.303. The Kier molecular flexibility index (Phi) is 1.70. The fourth-order valence-corrected chi connectivity index (χ4v) is 2.40. The number of likely N-dealkylation sites (tertiary alicyclic amines) is 2. The third kappa shape index (κ3) is 1.25. The number of hydrogen-bond donors (Lipinski definition) is 0. The third-order valence-corrected chi connectivity index (χ3v) is 3.01. The lowest BCUT2D eigenvalue weighted by molar-refractivity contribution is -0.157. The predicted molar refractivity (Wildman–Crippen MR) is 46.9 cm³/mol. The second-order valence-corrected chi connectivity index (χ2v) is 4.37. The molecule has 1 spiro atoms. The first kappa shape index (κ1) is 8.69. The van der Waals surface area contributed by atoms with Crippen molar-refractivity contribution in [3.8, 4) is 0 Å². The van der Waals surface area contributed by atoms with Gasteiger partial charge in [-0.3, -0.25) is 14.5 Å². The van der Waals surface area contributed by atoms with E-state index in [0.29, 0.717) is 12.8 Å². The molecule has 2 rings (SSSR count). The summed E-state index contributed by atoms with van der Waals surface area (Å²) in [5, 5.41) is 0. The van der Waals surface area contributed by atoms with Crippen LogP contribution in [-0.2, 0) is 9.59 Å². The first-order chi connectivity index (χ1) is 6.02. The van der Waals surface area contributed by atoms with Gasteiger partial charge in [0.05, 0.1) is 0 Å². The molecule has 2 heterocycles. The molecule has 2 aliphatic heterocycles. The van der Waals surface area contributed by atoms with Gasteiger partial charge in [0, 0.05) is 38.4 Å². The van der Waals surface area contributed by atoms with E-state index in [4.69, 9.17) is 0 Å². The molecule has 0 radical (unpaired) electrons. The lowest BCUT2D eigenvalue weighted by Gasteiger charge is -2.50. The molecule has 2 amide bonds. The van der Waals surface area contributed by atoms with Crippen molar-refractivity contribution in [1.82, 2.24) is 9.80 Å². The minimum atomic E-state index is -0.0237. The van der Waals surface area contributed by atoms with E-state index in [2.05, 4.69) is 4.90 Å². The molecule has 4 nitrogen and oxygen atoms in total. The fraction of sp³-hybridized carbons (Fsp3) is 0.778. The molecular formula is C9H14N2O2. The number of piperidine rings is 1. The first-order valence-electron chi connectivity index (χ1n) is 4.50. The Labute approximate surface area is 77.5 Å². The van der Waals surface area contributed by atoms with Crippen molar-refractivity contribution in [1.29, 1.82) is 0 Å². The molecule has 0 aliphatic carbocycles. The largest absolute Gasteiger partial charge is 0.305 e. The fourth-order valence-electron chi connectivity index (χ4n) is 2.40. The molecule has 13 heavy (non-hydrogen) atoms. The molecule has 0 unspecified atom stereocenters. The molecule has 0 bridgehead atoms. The van der Waals surface area contributed by atoms with Crippen LogP contribution in [0.5, 0.6) is 0 Å². The number of rotatable bonds is 0. The topological polar surface area (TPSA) is 40.6 Å². The minimum Gasteiger partial charge on any atom is -0.305 e. The average Bonchev–Trinajstić information content (AvgIpc) is 1.97. The summed E-state index contributed by atoms with van der Waals surface area (Å²) in [4.78, 5) is 26.2. The zero-order valence-electron chi connectivity index (χ0n) is 8.04. The van der Waals surface area contributed by atoms with Gasteiger partial charge in [0.15, 0.2) is 0 Å². The van der Waals surface area contributed by atoms with Gasteiger partial charge in [-0.2, -0.15) is 0 Å². The lowest BCUT2D eigenvalue weighted by Crippen LogP contribution is -2.61. The Morgan fingerprint density at radius 1 is 1.08 bits per heavy atom. The highest BCUT2D eigenvalue weighted by molar-refractivity contribution is 5.98. The number of carbonyl (C=O) groups is 2. The SMILES string of the molecule is CN1CC2(CC(=O)N(C)C(=O)C2)C1. The van der Waals surface area contributed by atoms with E-state index in [1.807, 2.05) is 7.05 Å². The standard InChI is InChI=1S/C9H14N2O2/c1-10-5-9(6-10)3-7(12)11(2)8(13)4-9/h3-6H2,1-2H3. The second kappa shape index (κ2) is 2.54. The van der Waals surface area contributed by atoms with Gasteiger partial charge < -0.3 is 4.90 Å². The van der Waals surface area contributed by atoms with Crippen molar-refractivity contribution in [3.05, 3.63) is 0 Å². The van der Waals surface area contributed by atoms with Crippen molar-refractivity contribution in [3.63, 3.8) is 0 Å². The van der Waals surface area contributed by atoms with Gasteiger partial charge in [0.25, 0.3) is 0 Å². The zero-order valence-corrected chi connectivity index (χ0v) is 8.04. The van der Waals surface area contributed by atoms with Gasteiger partial charge in [-0.25, -0.2) is 0 Å². The average molecular weight is 182 g/mol. The van der Waals surface area contributed by atoms with Gasteiger partial charge in [-0.1, -0.05) is 0 Å². The van der Waals surface area contributed by atoms with Crippen LogP contribution in [0.2, 0.25) is 0 Å². The van der Waals surface area contributed by atoms with E-state index in [-0.39, 0.29) is 17.2 Å². The second-order valence-electron chi connectivity index (χ2n) is 4.37. The molecule has 72 valence electrons. The van der Waals surface area contributed by atoms with E-state index >= 15 is 0 Å². The molecule has 2 saturated heterocycles. The first-order valence-corrected chi connectivity index (χ1v) is 4.50. The maximum Gasteiger partial charge on any atom is 0.229 e. The molecule has 0 atom stereocenters. The summed E-state index contributed by atoms with van der Waals surface area (Å²) < 4.78 is 0. The van der Waals surface area contributed by atoms with Crippen LogP contribution in [-0.4, -0.2) is 48.8 Å². The highest BCUT2D eigenvalue weighted by atomic mass is 16.2. The van der Waals surface area contributed by atoms with E-state index in [1.165, 1.54) is 4.90 Å². The number of imide groups is 1. The van der Waals surface area contributed by atoms with Crippen LogP contribution in [0.1, 0.15) is 12.8 Å². The number of nitrogens with zero attached hydrogens (tertiary/aromatic N) is 2. The summed E-state index contributed by atoms with van der Waals surface area (Å²) in [5.41, 5.74) is -0.0184. The van der Waals surface area contributed by atoms with Crippen LogP contribution < -0.4 is 0 Å². The van der Waals surface area contributed by atoms with Crippen LogP contribution in [0.4, 0.5) is 0 Å². The Morgan fingerprint density at radius 2 is 1.54 bits per heavy atom. The lowest BCUT2D eigenvalue weighted by atomic mass is 9.72. The number of hydrogen-bond acceptors (Lipinski definition) is 3. The molecule has 0 aromatic rings. The maximum absolute atomic E-state index is 11.4. The Morgan fingerprint density at radius 3 is 1.92 bits per heavy atom. The Bertz CT molecular complexity index is 249. The summed E-state index contributed by atoms with van der Waals surface area (Å²) in [6, 6.07) is 0. The van der Waals surface area contributed by atoms with Crippen molar-refractivity contribution in [2.24, 2.45) is 5.41 Å². The number of amides is 2. The molecule has 4 heteroatoms. The summed E-state index contributed by atoms with van der Waals surface area (Å²) in [6.45, 7) is 1.77. The minimum absolute atomic E-state index is 0.0184. The highest BCUT2D eigenvalue weighted by Gasteiger charge is 2.48. The molecule has 0 aromatic carbocycles. The van der Waals surface area contributed by atoms with Crippen molar-refractivity contribution in [2.45, 2.75) is 12.8 Å². The Balaban J connectivity index is 2.11. The van der Waals surface area contributed by atoms with Crippen molar-refractivity contribution in [2.75, 3.05) is 27.2 Å². The molecular weight excluding hydrogens is 168 g/mol. The molecule has 0 saturated carbocycles. The van der Waals surface area contributed by atoms with Crippen LogP contribution in [0.25, 0.3) is 0 Å². The summed E-state index contributed by atoms with van der Waals surface area (Å²) in [5.74, 6) is -0.0475. The highest BCUT2D eigenvalue weighted by Crippen LogP contribution is 2.39. The molecule has 0 N–H and O–H groups in total. The molecule has 2 aliphatic rings. The third-order valence-electron chi connectivity index (χ3n) is 3.01. The molecule has 0 aromatic heterocycles. The number of carbonyl (C=O) groups excluding carboxylic acids is 2. The van der Waals surface area contributed by atoms with Gasteiger partial charge in [-0.05, 0) is 7.05 Å². The summed E-state index contributed by atoms with van der Waals surface area (Å²) >= 11 is 0. The zero-order chi connectivity index (χ0) is 9.64. The quantitative estimate of drug-likeness (QED) is 0.483. The van der Waals surface area contributed by atoms with Crippen LogP contribution >= 0.6 is 0 Å².